The van der Waals surface area contributed by atoms with Crippen LogP contribution in [0.15, 0.2) is 28.1 Å². The number of aromatic nitrogens is 3. The molecule has 3 aromatic rings. The molecule has 0 unspecified atom stereocenters. The number of ether oxygens (including phenoxy) is 1. The molecule has 0 aliphatic heterocycles. The smallest absolute Gasteiger partial charge is 0.215 e. The Labute approximate surface area is 133 Å². The number of hydrogen-bond acceptors (Lipinski definition) is 4. The Kier molecular flexibility index (Phi) is 3.91. The van der Waals surface area contributed by atoms with Crippen molar-refractivity contribution >= 4 is 50.6 Å². The van der Waals surface area contributed by atoms with Gasteiger partial charge in [-0.15, -0.1) is 11.3 Å². The molecule has 0 saturated carbocycles. The first-order chi connectivity index (χ1) is 9.67. The first kappa shape index (κ1) is 13.8. The number of pyridine rings is 1. The van der Waals surface area contributed by atoms with Crippen molar-refractivity contribution in [2.45, 2.75) is 13.0 Å². The zero-order valence-electron chi connectivity index (χ0n) is 10.7. The van der Waals surface area contributed by atoms with Gasteiger partial charge in [0, 0.05) is 17.5 Å². The van der Waals surface area contributed by atoms with Gasteiger partial charge in [-0.1, -0.05) is 0 Å². The maximum Gasteiger partial charge on any atom is 0.215 e. The number of hydrogen-bond donors (Lipinski definition) is 1. The Bertz CT molecular complexity index is 805. The van der Waals surface area contributed by atoms with Crippen LogP contribution in [0.1, 0.15) is 4.88 Å². The molecule has 3 rings (SSSR count). The third kappa shape index (κ3) is 2.65. The molecular formula is C13H12BrN3OS2. The van der Waals surface area contributed by atoms with E-state index in [1.165, 1.54) is 4.88 Å². The van der Waals surface area contributed by atoms with Crippen LogP contribution in [0.2, 0.25) is 0 Å². The van der Waals surface area contributed by atoms with Gasteiger partial charge in [0.25, 0.3) is 0 Å². The normalized spacial score (nSPS) is 11.1. The lowest BCUT2D eigenvalue weighted by atomic mass is 10.3. The fourth-order valence-corrected chi connectivity index (χ4v) is 3.80. The van der Waals surface area contributed by atoms with E-state index in [4.69, 9.17) is 17.0 Å². The number of rotatable bonds is 4. The zero-order valence-corrected chi connectivity index (χ0v) is 13.9. The molecule has 104 valence electrons. The molecule has 0 atom stereocenters. The SMILES string of the molecule is COc1ccc2[nH]c(=S)n(CCc3ccc(Br)s3)c2n1. The van der Waals surface area contributed by atoms with Crippen LogP contribution in [0, 0.1) is 4.77 Å². The molecule has 0 amide bonds. The van der Waals surface area contributed by atoms with Gasteiger partial charge in [-0.2, -0.15) is 4.98 Å². The van der Waals surface area contributed by atoms with Crippen molar-refractivity contribution in [1.29, 1.82) is 0 Å². The zero-order chi connectivity index (χ0) is 14.1. The van der Waals surface area contributed by atoms with E-state index in [9.17, 15) is 0 Å². The summed E-state index contributed by atoms with van der Waals surface area (Å²) in [5, 5.41) is 0. The number of fused-ring (bicyclic) bond motifs is 1. The second kappa shape index (κ2) is 5.67. The highest BCUT2D eigenvalue weighted by Gasteiger charge is 2.08. The van der Waals surface area contributed by atoms with Crippen LogP contribution in [0.3, 0.4) is 0 Å². The van der Waals surface area contributed by atoms with Gasteiger partial charge in [0.1, 0.15) is 0 Å². The standard InChI is InChI=1S/C13H12BrN3OS2/c1-18-11-5-3-9-12(16-11)17(13(19)15-9)7-6-8-2-4-10(14)20-8/h2-5H,6-7H2,1H3,(H,15,19). The minimum atomic E-state index is 0.596. The van der Waals surface area contributed by atoms with Gasteiger partial charge in [-0.05, 0) is 52.8 Å². The first-order valence-electron chi connectivity index (χ1n) is 6.05. The van der Waals surface area contributed by atoms with Crippen molar-refractivity contribution in [3.05, 3.63) is 37.7 Å². The first-order valence-corrected chi connectivity index (χ1v) is 8.07. The monoisotopic (exact) mass is 369 g/mol. The van der Waals surface area contributed by atoms with E-state index in [0.717, 1.165) is 27.9 Å². The predicted molar refractivity (Wildman–Crippen MR) is 87.2 cm³/mol. The number of nitrogens with one attached hydrogen (secondary N) is 1. The van der Waals surface area contributed by atoms with E-state index < -0.39 is 0 Å². The molecule has 3 aromatic heterocycles. The molecular weight excluding hydrogens is 358 g/mol. The summed E-state index contributed by atoms with van der Waals surface area (Å²) in [5.74, 6) is 0.596. The Morgan fingerprint density at radius 3 is 2.95 bits per heavy atom. The summed E-state index contributed by atoms with van der Waals surface area (Å²) in [5.41, 5.74) is 1.77. The van der Waals surface area contributed by atoms with Crippen molar-refractivity contribution in [3.63, 3.8) is 0 Å². The number of nitrogens with zero attached hydrogens (tertiary/aromatic N) is 2. The van der Waals surface area contributed by atoms with E-state index in [0.29, 0.717) is 10.7 Å². The fourth-order valence-electron chi connectivity index (χ4n) is 2.04. The maximum absolute atomic E-state index is 5.37. The second-order valence-electron chi connectivity index (χ2n) is 4.26. The lowest BCUT2D eigenvalue weighted by Crippen LogP contribution is -2.02. The van der Waals surface area contributed by atoms with Gasteiger partial charge in [0.2, 0.25) is 5.88 Å². The molecule has 0 aromatic carbocycles. The van der Waals surface area contributed by atoms with E-state index in [1.807, 2.05) is 16.7 Å². The number of aromatic amines is 1. The highest BCUT2D eigenvalue weighted by molar-refractivity contribution is 9.11. The third-order valence-electron chi connectivity index (χ3n) is 3.01. The minimum absolute atomic E-state index is 0.596. The topological polar surface area (TPSA) is 42.8 Å². The van der Waals surface area contributed by atoms with E-state index in [2.05, 4.69) is 38.0 Å². The molecule has 0 spiro atoms. The lowest BCUT2D eigenvalue weighted by Gasteiger charge is -2.03. The Morgan fingerprint density at radius 1 is 1.40 bits per heavy atom. The molecule has 1 N–H and O–H groups in total. The second-order valence-corrected chi connectivity index (χ2v) is 7.20. The average molecular weight is 370 g/mol. The lowest BCUT2D eigenvalue weighted by molar-refractivity contribution is 0.399. The fraction of sp³-hybridized carbons (Fsp3) is 0.231. The Balaban J connectivity index is 1.93. The number of halogens is 1. The van der Waals surface area contributed by atoms with Crippen LogP contribution >= 0.6 is 39.5 Å². The van der Waals surface area contributed by atoms with Crippen molar-refractivity contribution in [2.24, 2.45) is 0 Å². The van der Waals surface area contributed by atoms with Gasteiger partial charge in [-0.3, -0.25) is 0 Å². The number of methoxy groups -OCH3 is 1. The van der Waals surface area contributed by atoms with Gasteiger partial charge in [0.15, 0.2) is 10.4 Å². The van der Waals surface area contributed by atoms with Gasteiger partial charge in [0.05, 0.1) is 16.4 Å². The molecule has 0 aliphatic carbocycles. The van der Waals surface area contributed by atoms with Crippen molar-refractivity contribution in [1.82, 2.24) is 14.5 Å². The summed E-state index contributed by atoms with van der Waals surface area (Å²) in [7, 11) is 1.61. The van der Waals surface area contributed by atoms with Gasteiger partial charge < -0.3 is 14.3 Å². The highest BCUT2D eigenvalue weighted by atomic mass is 79.9. The van der Waals surface area contributed by atoms with Crippen LogP contribution < -0.4 is 4.74 Å². The molecule has 7 heteroatoms. The third-order valence-corrected chi connectivity index (χ3v) is 5.02. The maximum atomic E-state index is 5.37. The van der Waals surface area contributed by atoms with E-state index in [1.54, 1.807) is 18.4 Å². The number of thiophene rings is 1. The summed E-state index contributed by atoms with van der Waals surface area (Å²) < 4.78 is 9.03. The van der Waals surface area contributed by atoms with Crippen LogP contribution in [0.4, 0.5) is 0 Å². The van der Waals surface area contributed by atoms with Crippen LogP contribution in [0.25, 0.3) is 11.2 Å². The molecule has 0 radical (unpaired) electrons. The molecule has 0 fully saturated rings. The van der Waals surface area contributed by atoms with Crippen LogP contribution in [-0.4, -0.2) is 21.6 Å². The molecule has 0 bridgehead atoms. The highest BCUT2D eigenvalue weighted by Crippen LogP contribution is 2.23. The van der Waals surface area contributed by atoms with Crippen molar-refractivity contribution < 1.29 is 4.74 Å². The minimum Gasteiger partial charge on any atom is -0.481 e. The predicted octanol–water partition coefficient (Wildman–Crippen LogP) is 4.17. The van der Waals surface area contributed by atoms with Crippen LogP contribution in [0.5, 0.6) is 5.88 Å². The summed E-state index contributed by atoms with van der Waals surface area (Å²) in [4.78, 5) is 8.96. The largest absolute Gasteiger partial charge is 0.481 e. The Hall–Kier alpha value is -1.18. The van der Waals surface area contributed by atoms with Crippen LogP contribution in [-0.2, 0) is 13.0 Å². The summed E-state index contributed by atoms with van der Waals surface area (Å²) in [6.07, 6.45) is 0.927. The van der Waals surface area contributed by atoms with Crippen molar-refractivity contribution in [3.8, 4) is 5.88 Å². The average Bonchev–Trinajstić information content (AvgIpc) is 2.98. The summed E-state index contributed by atoms with van der Waals surface area (Å²) in [6, 6.07) is 7.96. The number of imidazole rings is 1. The quantitative estimate of drug-likeness (QED) is 0.701. The molecule has 3 heterocycles. The summed E-state index contributed by atoms with van der Waals surface area (Å²) >= 11 is 10.6. The Morgan fingerprint density at radius 2 is 2.25 bits per heavy atom. The molecule has 4 nitrogen and oxygen atoms in total. The van der Waals surface area contributed by atoms with Crippen molar-refractivity contribution in [2.75, 3.05) is 7.11 Å². The molecule has 0 aliphatic rings. The summed E-state index contributed by atoms with van der Waals surface area (Å²) in [6.45, 7) is 0.798. The van der Waals surface area contributed by atoms with Gasteiger partial charge >= 0.3 is 0 Å². The molecule has 20 heavy (non-hydrogen) atoms. The van der Waals surface area contributed by atoms with E-state index in [-0.39, 0.29) is 0 Å². The molecule has 0 saturated heterocycles. The number of H-pyrrole nitrogens is 1. The van der Waals surface area contributed by atoms with E-state index >= 15 is 0 Å². The number of aryl methyl sites for hydroxylation is 2. The van der Waals surface area contributed by atoms with Gasteiger partial charge in [-0.25, -0.2) is 0 Å².